The Bertz CT molecular complexity index is 444. The number of rotatable bonds is 4. The molecule has 0 amide bonds. The normalized spacial score (nSPS) is 44.5. The molecular formula is C21H33F3O2. The van der Waals surface area contributed by atoms with Crippen LogP contribution < -0.4 is 0 Å². The Morgan fingerprint density at radius 1 is 0.846 bits per heavy atom. The van der Waals surface area contributed by atoms with Crippen LogP contribution in [0.25, 0.3) is 0 Å². The van der Waals surface area contributed by atoms with Crippen molar-refractivity contribution in [2.75, 3.05) is 0 Å². The van der Waals surface area contributed by atoms with E-state index in [2.05, 4.69) is 6.92 Å². The monoisotopic (exact) mass is 374 g/mol. The molecule has 2 unspecified atom stereocenters. The molecule has 3 aliphatic carbocycles. The number of hydrogen-bond donors (Lipinski definition) is 0. The molecule has 0 aromatic carbocycles. The van der Waals surface area contributed by atoms with Crippen LogP contribution in [0.2, 0.25) is 0 Å². The minimum absolute atomic E-state index is 0.156. The zero-order valence-electron chi connectivity index (χ0n) is 15.8. The van der Waals surface area contributed by atoms with Crippen molar-refractivity contribution < 1.29 is 22.7 Å². The van der Waals surface area contributed by atoms with E-state index in [0.717, 1.165) is 37.5 Å². The first-order chi connectivity index (χ1) is 12.4. The Morgan fingerprint density at radius 2 is 1.35 bits per heavy atom. The fourth-order valence-electron chi connectivity index (χ4n) is 5.11. The van der Waals surface area contributed by atoms with Gasteiger partial charge in [-0.15, -0.1) is 0 Å². The summed E-state index contributed by atoms with van der Waals surface area (Å²) in [5.41, 5.74) is 0. The predicted molar refractivity (Wildman–Crippen MR) is 95.0 cm³/mol. The average Bonchev–Trinajstić information content (AvgIpc) is 2.62. The predicted octanol–water partition coefficient (Wildman–Crippen LogP) is 5.73. The van der Waals surface area contributed by atoms with Gasteiger partial charge in [0, 0.05) is 12.8 Å². The minimum atomic E-state index is -2.08. The Kier molecular flexibility index (Phi) is 6.90. The third-order valence-corrected chi connectivity index (χ3v) is 6.93. The highest BCUT2D eigenvalue weighted by Gasteiger charge is 2.41. The van der Waals surface area contributed by atoms with E-state index in [1.54, 1.807) is 0 Å². The Labute approximate surface area is 155 Å². The maximum Gasteiger partial charge on any atom is 0.309 e. The fourth-order valence-corrected chi connectivity index (χ4v) is 5.11. The Hall–Kier alpha value is -0.740. The van der Waals surface area contributed by atoms with Gasteiger partial charge in [-0.25, -0.2) is 13.2 Å². The molecule has 0 radical (unpaired) electrons. The average molecular weight is 374 g/mol. The third-order valence-electron chi connectivity index (χ3n) is 6.93. The molecule has 0 aliphatic heterocycles. The lowest BCUT2D eigenvalue weighted by molar-refractivity contribution is -0.161. The first-order valence-electron chi connectivity index (χ1n) is 10.5. The lowest BCUT2D eigenvalue weighted by atomic mass is 9.73. The van der Waals surface area contributed by atoms with Crippen molar-refractivity contribution in [1.29, 1.82) is 0 Å². The molecule has 5 heteroatoms. The molecule has 0 spiro atoms. The zero-order chi connectivity index (χ0) is 18.7. The van der Waals surface area contributed by atoms with Gasteiger partial charge in [-0.05, 0) is 49.9 Å². The molecule has 0 aromatic rings. The third kappa shape index (κ3) is 5.16. The van der Waals surface area contributed by atoms with Gasteiger partial charge in [-0.2, -0.15) is 0 Å². The van der Waals surface area contributed by atoms with Gasteiger partial charge in [0.2, 0.25) is 0 Å². The standard InChI is InChI=1S/C21H33F3O2/c1-13-2-4-14(5-3-13)10-15-6-8-16(9-7-15)21(25)26-17-11-18(22)20(24)19(23)12-17/h13-20H,2-12H2,1H3. The van der Waals surface area contributed by atoms with E-state index in [9.17, 15) is 18.0 Å². The summed E-state index contributed by atoms with van der Waals surface area (Å²) in [7, 11) is 0. The molecule has 0 saturated heterocycles. The molecule has 0 aromatic heterocycles. The van der Waals surface area contributed by atoms with Crippen LogP contribution >= 0.6 is 0 Å². The van der Waals surface area contributed by atoms with E-state index >= 15 is 0 Å². The molecule has 3 fully saturated rings. The molecule has 3 saturated carbocycles. The molecule has 2 atom stereocenters. The van der Waals surface area contributed by atoms with E-state index < -0.39 is 24.6 Å². The van der Waals surface area contributed by atoms with Crippen LogP contribution in [0.15, 0.2) is 0 Å². The number of carbonyl (C=O) groups is 1. The summed E-state index contributed by atoms with van der Waals surface area (Å²) >= 11 is 0. The smallest absolute Gasteiger partial charge is 0.309 e. The first-order valence-corrected chi connectivity index (χ1v) is 10.5. The number of carbonyl (C=O) groups excluding carboxylic acids is 1. The van der Waals surface area contributed by atoms with Crippen LogP contribution in [0.5, 0.6) is 0 Å². The van der Waals surface area contributed by atoms with Gasteiger partial charge in [0.25, 0.3) is 0 Å². The topological polar surface area (TPSA) is 26.3 Å². The van der Waals surface area contributed by atoms with Crippen LogP contribution in [-0.2, 0) is 9.53 Å². The van der Waals surface area contributed by atoms with Gasteiger partial charge in [0.15, 0.2) is 6.17 Å². The molecule has 0 bridgehead atoms. The zero-order valence-corrected chi connectivity index (χ0v) is 15.8. The summed E-state index contributed by atoms with van der Waals surface area (Å²) in [6, 6.07) is 0. The second-order valence-corrected chi connectivity index (χ2v) is 9.09. The molecule has 0 heterocycles. The van der Waals surface area contributed by atoms with Crippen LogP contribution in [0.1, 0.15) is 77.6 Å². The van der Waals surface area contributed by atoms with E-state index in [1.165, 1.54) is 32.1 Å². The minimum Gasteiger partial charge on any atom is -0.462 e. The van der Waals surface area contributed by atoms with Gasteiger partial charge in [0.05, 0.1) is 5.92 Å². The van der Waals surface area contributed by atoms with Crippen LogP contribution in [-0.4, -0.2) is 30.6 Å². The number of ether oxygens (including phenoxy) is 1. The van der Waals surface area contributed by atoms with Gasteiger partial charge in [0.1, 0.15) is 18.4 Å². The summed E-state index contributed by atoms with van der Waals surface area (Å²) in [6.07, 6.45) is 3.28. The molecule has 0 N–H and O–H groups in total. The van der Waals surface area contributed by atoms with E-state index in [1.807, 2.05) is 0 Å². The molecular weight excluding hydrogens is 341 g/mol. The maximum absolute atomic E-state index is 13.5. The van der Waals surface area contributed by atoms with Crippen molar-refractivity contribution in [3.63, 3.8) is 0 Å². The molecule has 3 rings (SSSR count). The second-order valence-electron chi connectivity index (χ2n) is 9.09. The highest BCUT2D eigenvalue weighted by atomic mass is 19.2. The van der Waals surface area contributed by atoms with E-state index in [-0.39, 0.29) is 24.7 Å². The van der Waals surface area contributed by atoms with Gasteiger partial charge >= 0.3 is 5.97 Å². The van der Waals surface area contributed by atoms with Crippen LogP contribution in [0.3, 0.4) is 0 Å². The van der Waals surface area contributed by atoms with Crippen LogP contribution in [0, 0.1) is 23.7 Å². The SMILES string of the molecule is CC1CCC(CC2CCC(C(=O)OC3CC(F)C(F)C(F)C3)CC2)CC1. The molecule has 2 nitrogen and oxygen atoms in total. The van der Waals surface area contributed by atoms with Crippen molar-refractivity contribution in [1.82, 2.24) is 0 Å². The van der Waals surface area contributed by atoms with E-state index in [0.29, 0.717) is 5.92 Å². The highest BCUT2D eigenvalue weighted by molar-refractivity contribution is 5.72. The quantitative estimate of drug-likeness (QED) is 0.588. The van der Waals surface area contributed by atoms with Crippen LogP contribution in [0.4, 0.5) is 13.2 Å². The summed E-state index contributed by atoms with van der Waals surface area (Å²) in [5, 5.41) is 0. The van der Waals surface area contributed by atoms with Crippen molar-refractivity contribution in [2.45, 2.75) is 102 Å². The summed E-state index contributed by atoms with van der Waals surface area (Å²) in [6.45, 7) is 2.34. The fraction of sp³-hybridized carbons (Fsp3) is 0.952. The number of hydrogen-bond acceptors (Lipinski definition) is 2. The number of esters is 1. The molecule has 26 heavy (non-hydrogen) atoms. The first kappa shape index (κ1) is 20.0. The maximum atomic E-state index is 13.5. The summed E-state index contributed by atoms with van der Waals surface area (Å²) in [5.74, 6) is 1.92. The van der Waals surface area contributed by atoms with E-state index in [4.69, 9.17) is 4.74 Å². The summed E-state index contributed by atoms with van der Waals surface area (Å²) < 4.78 is 45.5. The number of halogens is 3. The lowest BCUT2D eigenvalue weighted by Gasteiger charge is -2.34. The van der Waals surface area contributed by atoms with Crippen molar-refractivity contribution in [3.8, 4) is 0 Å². The molecule has 3 aliphatic rings. The Balaban J connectivity index is 1.38. The Morgan fingerprint density at radius 3 is 1.88 bits per heavy atom. The number of alkyl halides is 3. The van der Waals surface area contributed by atoms with Gasteiger partial charge < -0.3 is 4.74 Å². The van der Waals surface area contributed by atoms with Crippen molar-refractivity contribution in [3.05, 3.63) is 0 Å². The molecule has 150 valence electrons. The second kappa shape index (κ2) is 8.97. The van der Waals surface area contributed by atoms with Crippen molar-refractivity contribution >= 4 is 5.97 Å². The van der Waals surface area contributed by atoms with Gasteiger partial charge in [-0.1, -0.05) is 32.6 Å². The largest absolute Gasteiger partial charge is 0.462 e. The van der Waals surface area contributed by atoms with Crippen molar-refractivity contribution in [2.24, 2.45) is 23.7 Å². The lowest BCUT2D eigenvalue weighted by Crippen LogP contribution is -2.42. The summed E-state index contributed by atoms with van der Waals surface area (Å²) in [4.78, 5) is 12.3. The van der Waals surface area contributed by atoms with Gasteiger partial charge in [-0.3, -0.25) is 4.79 Å². The highest BCUT2D eigenvalue weighted by Crippen LogP contribution is 2.39.